The number of aromatic nitrogens is 2. The Morgan fingerprint density at radius 2 is 1.87 bits per heavy atom. The number of halogens is 1. The van der Waals surface area contributed by atoms with Crippen LogP contribution in [-0.4, -0.2) is 15.9 Å². The molecule has 4 aromatic rings. The largest absolute Gasteiger partial charge is 0.448 e. The number of hydrogen-bond acceptors (Lipinski definition) is 5. The zero-order valence-electron chi connectivity index (χ0n) is 16.8. The number of rotatable bonds is 4. The normalized spacial score (nSPS) is 12.1. The average Bonchev–Trinajstić information content (AvgIpc) is 3.15. The summed E-state index contributed by atoms with van der Waals surface area (Å²) in [6, 6.07) is 19.2. The van der Waals surface area contributed by atoms with Crippen molar-refractivity contribution in [3.63, 3.8) is 0 Å². The lowest BCUT2D eigenvalue weighted by Gasteiger charge is -2.20. The van der Waals surface area contributed by atoms with E-state index in [2.05, 4.69) is 21.0 Å². The van der Waals surface area contributed by atoms with Crippen LogP contribution in [0.2, 0.25) is 0 Å². The van der Waals surface area contributed by atoms with Crippen molar-refractivity contribution >= 4 is 44.8 Å². The number of furan rings is 1. The lowest BCUT2D eigenvalue weighted by molar-refractivity contribution is 0.467. The highest BCUT2D eigenvalue weighted by atomic mass is 79.9. The van der Waals surface area contributed by atoms with Gasteiger partial charge in [0.15, 0.2) is 5.09 Å². The third-order valence-electron chi connectivity index (χ3n) is 4.34. The molecule has 0 saturated heterocycles. The van der Waals surface area contributed by atoms with E-state index in [0.29, 0.717) is 22.5 Å². The van der Waals surface area contributed by atoms with E-state index < -0.39 is 0 Å². The van der Waals surface area contributed by atoms with Crippen LogP contribution in [0.15, 0.2) is 89.4 Å². The molecule has 0 spiro atoms. The Morgan fingerprint density at radius 1 is 1.10 bits per heavy atom. The van der Waals surface area contributed by atoms with Gasteiger partial charge in [-0.1, -0.05) is 66.7 Å². The molecule has 0 bridgehead atoms. The predicted molar refractivity (Wildman–Crippen MR) is 125 cm³/mol. The van der Waals surface area contributed by atoms with Crippen molar-refractivity contribution in [2.24, 2.45) is 5.10 Å². The third-order valence-corrected chi connectivity index (χ3v) is 5.77. The van der Waals surface area contributed by atoms with Crippen molar-refractivity contribution in [3.05, 3.63) is 87.1 Å². The Morgan fingerprint density at radius 3 is 2.60 bits per heavy atom. The molecule has 2 heterocycles. The second-order valence-electron chi connectivity index (χ2n) is 7.78. The summed E-state index contributed by atoms with van der Waals surface area (Å²) >= 11 is 4.95. The highest BCUT2D eigenvalue weighted by Crippen LogP contribution is 2.28. The summed E-state index contributed by atoms with van der Waals surface area (Å²) in [5, 5.41) is 5.71. The van der Waals surface area contributed by atoms with E-state index in [9.17, 15) is 4.79 Å². The maximum absolute atomic E-state index is 13.2. The van der Waals surface area contributed by atoms with Crippen molar-refractivity contribution in [3.8, 4) is 0 Å². The number of nitrogens with zero attached hydrogens (tertiary/aromatic N) is 3. The van der Waals surface area contributed by atoms with Crippen LogP contribution in [0.3, 0.4) is 0 Å². The van der Waals surface area contributed by atoms with E-state index in [1.165, 1.54) is 16.4 Å². The molecule has 0 amide bonds. The molecular weight excluding hydrogens is 462 g/mol. The van der Waals surface area contributed by atoms with Crippen molar-refractivity contribution in [2.45, 2.75) is 36.2 Å². The summed E-state index contributed by atoms with van der Waals surface area (Å²) in [5.74, 6) is 1.15. The zero-order valence-corrected chi connectivity index (χ0v) is 19.2. The van der Waals surface area contributed by atoms with Crippen LogP contribution >= 0.6 is 27.7 Å². The Bertz CT molecular complexity index is 1290. The minimum atomic E-state index is -0.366. The van der Waals surface area contributed by atoms with Crippen molar-refractivity contribution in [2.75, 3.05) is 0 Å². The molecule has 0 unspecified atom stereocenters. The molecule has 4 rings (SSSR count). The molecule has 5 nitrogen and oxygen atoms in total. The van der Waals surface area contributed by atoms with Crippen molar-refractivity contribution < 1.29 is 4.42 Å². The average molecular weight is 482 g/mol. The fourth-order valence-corrected chi connectivity index (χ4v) is 4.08. The van der Waals surface area contributed by atoms with Crippen molar-refractivity contribution in [1.29, 1.82) is 0 Å². The molecule has 0 atom stereocenters. The first-order chi connectivity index (χ1) is 14.3. The lowest BCUT2D eigenvalue weighted by atomic mass is 9.95. The summed E-state index contributed by atoms with van der Waals surface area (Å²) in [6.45, 7) is 6.02. The van der Waals surface area contributed by atoms with Crippen LogP contribution in [0.1, 0.15) is 32.4 Å². The van der Waals surface area contributed by atoms with Gasteiger partial charge in [-0.3, -0.25) is 4.79 Å². The van der Waals surface area contributed by atoms with E-state index >= 15 is 0 Å². The first-order valence-corrected chi connectivity index (χ1v) is 11.0. The first kappa shape index (κ1) is 20.6. The highest BCUT2D eigenvalue weighted by molar-refractivity contribution is 9.10. The molecule has 2 aromatic carbocycles. The van der Waals surface area contributed by atoms with E-state index in [1.54, 1.807) is 12.3 Å². The van der Waals surface area contributed by atoms with E-state index in [-0.39, 0.29) is 11.0 Å². The van der Waals surface area contributed by atoms with Crippen LogP contribution in [0, 0.1) is 0 Å². The minimum Gasteiger partial charge on any atom is -0.448 e. The predicted octanol–water partition coefficient (Wildman–Crippen LogP) is 6.08. The van der Waals surface area contributed by atoms with Gasteiger partial charge < -0.3 is 4.42 Å². The molecule has 152 valence electrons. The van der Waals surface area contributed by atoms with Gasteiger partial charge in [-0.15, -0.1) is 0 Å². The molecule has 0 aliphatic carbocycles. The van der Waals surface area contributed by atoms with Crippen LogP contribution in [0.5, 0.6) is 0 Å². The smallest absolute Gasteiger partial charge is 0.282 e. The van der Waals surface area contributed by atoms with Gasteiger partial charge >= 0.3 is 0 Å². The van der Waals surface area contributed by atoms with Crippen molar-refractivity contribution in [1.82, 2.24) is 9.66 Å². The summed E-state index contributed by atoms with van der Waals surface area (Å²) < 4.78 is 8.03. The molecule has 0 N–H and O–H groups in total. The maximum Gasteiger partial charge on any atom is 0.282 e. The lowest BCUT2D eigenvalue weighted by Crippen LogP contribution is -2.29. The van der Waals surface area contributed by atoms with Gasteiger partial charge in [-0.25, -0.2) is 4.98 Å². The van der Waals surface area contributed by atoms with Gasteiger partial charge in [0.1, 0.15) is 11.6 Å². The second kappa shape index (κ2) is 8.24. The molecule has 0 aliphatic heterocycles. The number of benzene rings is 2. The molecule has 0 fully saturated rings. The molecule has 0 aliphatic rings. The Labute approximate surface area is 187 Å². The summed E-state index contributed by atoms with van der Waals surface area (Å²) in [7, 11) is 0. The summed E-state index contributed by atoms with van der Waals surface area (Å²) in [5.41, 5.74) is 0.0712. The molecule has 2 aromatic heterocycles. The van der Waals surface area contributed by atoms with Crippen LogP contribution in [0.25, 0.3) is 10.9 Å². The fraction of sp³-hybridized carbons (Fsp3) is 0.174. The second-order valence-corrected chi connectivity index (χ2v) is 9.77. The number of fused-ring (bicyclic) bond motifs is 1. The Hall–Kier alpha value is -2.64. The van der Waals surface area contributed by atoms with Crippen LogP contribution in [-0.2, 0) is 5.41 Å². The SMILES string of the molecule is CC(C)(C)c1nc2ccc(Br)cc2c(=O)n1N=Cc1ccc(Sc2ccccc2)o1. The van der Waals surface area contributed by atoms with Crippen LogP contribution in [0.4, 0.5) is 0 Å². The topological polar surface area (TPSA) is 60.4 Å². The van der Waals surface area contributed by atoms with Gasteiger partial charge in [0, 0.05) is 14.8 Å². The monoisotopic (exact) mass is 481 g/mol. The quantitative estimate of drug-likeness (QED) is 0.331. The van der Waals surface area contributed by atoms with E-state index in [0.717, 1.165) is 14.5 Å². The van der Waals surface area contributed by atoms with Gasteiger partial charge in [0.2, 0.25) is 0 Å². The van der Waals surface area contributed by atoms with E-state index in [4.69, 9.17) is 9.40 Å². The van der Waals surface area contributed by atoms with Gasteiger partial charge in [-0.2, -0.15) is 9.78 Å². The van der Waals surface area contributed by atoms with Gasteiger partial charge in [-0.05, 0) is 42.5 Å². The highest BCUT2D eigenvalue weighted by Gasteiger charge is 2.23. The molecule has 0 radical (unpaired) electrons. The number of hydrogen-bond donors (Lipinski definition) is 0. The molecule has 0 saturated carbocycles. The summed E-state index contributed by atoms with van der Waals surface area (Å²) in [4.78, 5) is 19.0. The molecule has 7 heteroatoms. The van der Waals surface area contributed by atoms with Gasteiger partial charge in [0.05, 0.1) is 17.1 Å². The maximum atomic E-state index is 13.2. The fourth-order valence-electron chi connectivity index (χ4n) is 2.92. The van der Waals surface area contributed by atoms with Gasteiger partial charge in [0.25, 0.3) is 5.56 Å². The third kappa shape index (κ3) is 4.42. The zero-order chi connectivity index (χ0) is 21.3. The standard InChI is InChI=1S/C23H20BrN3O2S/c1-23(2,3)22-26-19-11-9-15(24)13-18(19)21(28)27(22)25-14-16-10-12-20(29-16)30-17-7-5-4-6-8-17/h4-14H,1-3H3. The molecule has 30 heavy (non-hydrogen) atoms. The first-order valence-electron chi connectivity index (χ1n) is 9.41. The van der Waals surface area contributed by atoms with E-state index in [1.807, 2.05) is 75.4 Å². The minimum absolute atomic E-state index is 0.215. The van der Waals surface area contributed by atoms with Crippen LogP contribution < -0.4 is 5.56 Å². The Kier molecular flexibility index (Phi) is 5.66. The summed E-state index contributed by atoms with van der Waals surface area (Å²) in [6.07, 6.45) is 1.55. The molecular formula is C23H20BrN3O2S. The Balaban J connectivity index is 1.72.